The van der Waals surface area contributed by atoms with Gasteiger partial charge in [0, 0.05) is 5.92 Å². The van der Waals surface area contributed by atoms with Crippen LogP contribution in [0.4, 0.5) is 0 Å². The number of allylic oxidation sites excluding steroid dienone is 4. The van der Waals surface area contributed by atoms with E-state index >= 15 is 0 Å². The summed E-state index contributed by atoms with van der Waals surface area (Å²) >= 11 is 0. The van der Waals surface area contributed by atoms with Crippen LogP contribution in [0.15, 0.2) is 48.6 Å². The van der Waals surface area contributed by atoms with Gasteiger partial charge in [-0.1, -0.05) is 73.4 Å². The van der Waals surface area contributed by atoms with E-state index in [4.69, 9.17) is 0 Å². The van der Waals surface area contributed by atoms with E-state index in [1.165, 1.54) is 11.5 Å². The summed E-state index contributed by atoms with van der Waals surface area (Å²) < 4.78 is 0. The predicted molar refractivity (Wildman–Crippen MR) is 74.6 cm³/mol. The molecule has 0 aromatic heterocycles. The summed E-state index contributed by atoms with van der Waals surface area (Å²) in [6.45, 7) is 7.16. The summed E-state index contributed by atoms with van der Waals surface area (Å²) in [6, 6.07) is 9.18. The van der Waals surface area contributed by atoms with Crippen molar-refractivity contribution in [2.75, 3.05) is 0 Å². The van der Waals surface area contributed by atoms with Crippen molar-refractivity contribution in [3.63, 3.8) is 0 Å². The van der Waals surface area contributed by atoms with E-state index in [-0.39, 0.29) is 0 Å². The maximum absolute atomic E-state index is 2.39. The minimum atomic E-state index is -1.14. The lowest BCUT2D eigenvalue weighted by Crippen LogP contribution is -2.37. The lowest BCUT2D eigenvalue weighted by molar-refractivity contribution is 1.10. The minimum Gasteiger partial charge on any atom is -0.0730 e. The van der Waals surface area contributed by atoms with Crippen LogP contribution < -0.4 is 5.19 Å². The molecule has 16 heavy (non-hydrogen) atoms. The van der Waals surface area contributed by atoms with Crippen molar-refractivity contribution in [3.8, 4) is 0 Å². The fourth-order valence-electron chi connectivity index (χ4n) is 1.89. The van der Waals surface area contributed by atoms with Crippen LogP contribution in [-0.4, -0.2) is 8.07 Å². The summed E-state index contributed by atoms with van der Waals surface area (Å²) in [6.07, 6.45) is 9.63. The molecule has 1 aromatic rings. The SMILES string of the molecule is C[Si](C)(C)c1ccc(C[C]2C=CC=C2)cc1. The topological polar surface area (TPSA) is 0 Å². The van der Waals surface area contributed by atoms with Gasteiger partial charge in [0.2, 0.25) is 0 Å². The normalized spacial score (nSPS) is 15.9. The Labute approximate surface area is 99.7 Å². The molecule has 0 nitrogen and oxygen atoms in total. The Bertz CT molecular complexity index is 392. The summed E-state index contributed by atoms with van der Waals surface area (Å²) in [5, 5.41) is 1.54. The highest BCUT2D eigenvalue weighted by atomic mass is 28.3. The van der Waals surface area contributed by atoms with Gasteiger partial charge in [-0.25, -0.2) is 0 Å². The smallest absolute Gasteiger partial charge is 0.0730 e. The molecule has 0 saturated heterocycles. The molecule has 1 aliphatic carbocycles. The molecule has 0 amide bonds. The third-order valence-corrected chi connectivity index (χ3v) is 5.03. The van der Waals surface area contributed by atoms with Crippen molar-refractivity contribution < 1.29 is 0 Å². The number of rotatable bonds is 3. The monoisotopic (exact) mass is 227 g/mol. The quantitative estimate of drug-likeness (QED) is 0.694. The molecule has 0 fully saturated rings. The van der Waals surface area contributed by atoms with Crippen molar-refractivity contribution in [1.82, 2.24) is 0 Å². The van der Waals surface area contributed by atoms with Gasteiger partial charge < -0.3 is 0 Å². The molecular formula is C15H19Si. The van der Waals surface area contributed by atoms with Gasteiger partial charge in [0.15, 0.2) is 0 Å². The van der Waals surface area contributed by atoms with E-state index < -0.39 is 8.07 Å². The van der Waals surface area contributed by atoms with Gasteiger partial charge >= 0.3 is 0 Å². The highest BCUT2D eigenvalue weighted by Crippen LogP contribution is 2.17. The molecule has 0 saturated carbocycles. The van der Waals surface area contributed by atoms with E-state index in [2.05, 4.69) is 68.2 Å². The van der Waals surface area contributed by atoms with Crippen LogP contribution in [0.2, 0.25) is 19.6 Å². The Kier molecular flexibility index (Phi) is 3.15. The molecule has 0 atom stereocenters. The van der Waals surface area contributed by atoms with Crippen molar-refractivity contribution >= 4 is 13.3 Å². The van der Waals surface area contributed by atoms with Crippen molar-refractivity contribution in [3.05, 3.63) is 60.1 Å². The molecule has 0 spiro atoms. The largest absolute Gasteiger partial charge is 0.0775 e. The first-order valence-electron chi connectivity index (χ1n) is 5.86. The summed E-state index contributed by atoms with van der Waals surface area (Å²) in [4.78, 5) is 0. The third-order valence-electron chi connectivity index (χ3n) is 2.96. The number of hydrogen-bond acceptors (Lipinski definition) is 0. The zero-order chi connectivity index (χ0) is 11.6. The second kappa shape index (κ2) is 4.42. The molecule has 1 radical (unpaired) electrons. The van der Waals surface area contributed by atoms with E-state index in [1.54, 1.807) is 5.19 Å². The maximum Gasteiger partial charge on any atom is 0.0775 e. The van der Waals surface area contributed by atoms with E-state index in [1.807, 2.05) is 0 Å². The molecule has 0 heterocycles. The first-order valence-corrected chi connectivity index (χ1v) is 9.36. The molecule has 1 heteroatoms. The Morgan fingerprint density at radius 2 is 1.44 bits per heavy atom. The Hall–Kier alpha value is -1.08. The zero-order valence-corrected chi connectivity index (χ0v) is 11.3. The Balaban J connectivity index is 2.07. The lowest BCUT2D eigenvalue weighted by atomic mass is 10.0. The highest BCUT2D eigenvalue weighted by molar-refractivity contribution is 6.88. The van der Waals surface area contributed by atoms with Crippen molar-refractivity contribution in [2.24, 2.45) is 0 Å². The molecule has 1 aliphatic rings. The van der Waals surface area contributed by atoms with Crippen LogP contribution in [0, 0.1) is 5.92 Å². The molecule has 0 bridgehead atoms. The molecule has 0 unspecified atom stereocenters. The van der Waals surface area contributed by atoms with Gasteiger partial charge in [0.1, 0.15) is 0 Å². The van der Waals surface area contributed by atoms with Crippen LogP contribution in [-0.2, 0) is 6.42 Å². The van der Waals surface area contributed by atoms with Crippen LogP contribution in [0.5, 0.6) is 0 Å². The average Bonchev–Trinajstić information content (AvgIpc) is 2.70. The highest BCUT2D eigenvalue weighted by Gasteiger charge is 2.15. The van der Waals surface area contributed by atoms with E-state index in [9.17, 15) is 0 Å². The maximum atomic E-state index is 2.39. The van der Waals surface area contributed by atoms with E-state index in [0.717, 1.165) is 6.42 Å². The van der Waals surface area contributed by atoms with Gasteiger partial charge in [-0.05, 0) is 12.0 Å². The van der Waals surface area contributed by atoms with Gasteiger partial charge in [-0.3, -0.25) is 0 Å². The van der Waals surface area contributed by atoms with Crippen LogP contribution >= 0.6 is 0 Å². The molecule has 0 aliphatic heterocycles. The van der Waals surface area contributed by atoms with Gasteiger partial charge in [0.25, 0.3) is 0 Å². The predicted octanol–water partition coefficient (Wildman–Crippen LogP) is 3.47. The molecule has 83 valence electrons. The fraction of sp³-hybridized carbons (Fsp3) is 0.267. The van der Waals surface area contributed by atoms with Gasteiger partial charge in [-0.15, -0.1) is 0 Å². The van der Waals surface area contributed by atoms with Gasteiger partial charge in [0.05, 0.1) is 8.07 Å². The number of hydrogen-bond donors (Lipinski definition) is 0. The Morgan fingerprint density at radius 1 is 0.875 bits per heavy atom. The second-order valence-electron chi connectivity index (χ2n) is 5.42. The van der Waals surface area contributed by atoms with Gasteiger partial charge in [-0.2, -0.15) is 0 Å². The molecule has 0 N–H and O–H groups in total. The third kappa shape index (κ3) is 2.73. The van der Waals surface area contributed by atoms with Crippen LogP contribution in [0.3, 0.4) is 0 Å². The van der Waals surface area contributed by atoms with Crippen LogP contribution in [0.25, 0.3) is 0 Å². The standard InChI is InChI=1S/C15H19Si/c1-16(2,3)15-10-8-14(9-11-15)12-13-6-4-5-7-13/h4-11H,12H2,1-3H3. The molecular weight excluding hydrogens is 208 g/mol. The fourth-order valence-corrected chi connectivity index (χ4v) is 3.06. The molecule has 1 aromatic carbocycles. The van der Waals surface area contributed by atoms with Crippen molar-refractivity contribution in [2.45, 2.75) is 26.1 Å². The zero-order valence-electron chi connectivity index (χ0n) is 10.3. The van der Waals surface area contributed by atoms with E-state index in [0.29, 0.717) is 0 Å². The summed E-state index contributed by atoms with van der Waals surface area (Å²) in [5.74, 6) is 1.40. The first kappa shape index (κ1) is 11.4. The second-order valence-corrected chi connectivity index (χ2v) is 10.5. The van der Waals surface area contributed by atoms with Crippen LogP contribution in [0.1, 0.15) is 5.56 Å². The average molecular weight is 227 g/mol. The number of benzene rings is 1. The molecule has 2 rings (SSSR count). The first-order chi connectivity index (χ1) is 7.55. The summed E-state index contributed by atoms with van der Waals surface area (Å²) in [5.41, 5.74) is 1.41. The van der Waals surface area contributed by atoms with Crippen molar-refractivity contribution in [1.29, 1.82) is 0 Å². The lowest BCUT2D eigenvalue weighted by Gasteiger charge is -2.17. The Morgan fingerprint density at radius 3 is 1.94 bits per heavy atom. The minimum absolute atomic E-state index is 1.05. The summed E-state index contributed by atoms with van der Waals surface area (Å²) in [7, 11) is -1.14.